The minimum absolute atomic E-state index is 0.214. The van der Waals surface area contributed by atoms with Gasteiger partial charge in [-0.25, -0.2) is 0 Å². The quantitative estimate of drug-likeness (QED) is 0.848. The highest BCUT2D eigenvalue weighted by atomic mass is 16.3. The number of aliphatic hydroxyl groups is 1. The first-order chi connectivity index (χ1) is 9.70. The van der Waals surface area contributed by atoms with Gasteiger partial charge in [0, 0.05) is 31.6 Å². The van der Waals surface area contributed by atoms with Crippen LogP contribution in [0.15, 0.2) is 48.8 Å². The Kier molecular flexibility index (Phi) is 5.27. The molecule has 106 valence electrons. The van der Waals surface area contributed by atoms with Gasteiger partial charge in [-0.2, -0.15) is 0 Å². The van der Waals surface area contributed by atoms with E-state index in [1.165, 1.54) is 16.7 Å². The Balaban J connectivity index is 2.04. The lowest BCUT2D eigenvalue weighted by molar-refractivity contribution is 0.207. The molecular formula is C17H22N2O. The lowest BCUT2D eigenvalue weighted by Crippen LogP contribution is -2.33. The Morgan fingerprint density at radius 3 is 2.55 bits per heavy atom. The fourth-order valence-electron chi connectivity index (χ4n) is 2.04. The van der Waals surface area contributed by atoms with Crippen LogP contribution in [0.3, 0.4) is 0 Å². The Morgan fingerprint density at radius 1 is 1.10 bits per heavy atom. The van der Waals surface area contributed by atoms with E-state index in [0.717, 1.165) is 6.54 Å². The molecule has 0 aliphatic heterocycles. The molecule has 0 radical (unpaired) electrons. The zero-order valence-corrected chi connectivity index (χ0v) is 12.1. The Labute approximate surface area is 120 Å². The second kappa shape index (κ2) is 7.17. The molecule has 1 aromatic heterocycles. The first-order valence-electron chi connectivity index (χ1n) is 7.04. The molecule has 1 aromatic carbocycles. The summed E-state index contributed by atoms with van der Waals surface area (Å²) in [6.07, 6.45) is 3.62. The van der Waals surface area contributed by atoms with Gasteiger partial charge in [-0.3, -0.25) is 4.98 Å². The third kappa shape index (κ3) is 3.89. The Morgan fingerprint density at radius 2 is 1.85 bits per heavy atom. The van der Waals surface area contributed by atoms with Crippen LogP contribution in [-0.2, 0) is 6.54 Å². The van der Waals surface area contributed by atoms with E-state index >= 15 is 0 Å². The predicted molar refractivity (Wildman–Crippen MR) is 82.2 cm³/mol. The minimum atomic E-state index is 0.214. The molecule has 20 heavy (non-hydrogen) atoms. The predicted octanol–water partition coefficient (Wildman–Crippen LogP) is 2.86. The number of aliphatic hydroxyl groups excluding tert-OH is 1. The molecular weight excluding hydrogens is 248 g/mol. The van der Waals surface area contributed by atoms with Gasteiger partial charge in [0.05, 0.1) is 0 Å². The molecule has 2 atom stereocenters. The number of rotatable bonds is 6. The summed E-state index contributed by atoms with van der Waals surface area (Å²) in [6.45, 7) is 5.17. The lowest BCUT2D eigenvalue weighted by Gasteiger charge is -2.19. The van der Waals surface area contributed by atoms with Crippen molar-refractivity contribution in [2.75, 3.05) is 6.61 Å². The number of nitrogens with one attached hydrogen (secondary N) is 1. The van der Waals surface area contributed by atoms with E-state index in [4.69, 9.17) is 5.11 Å². The first kappa shape index (κ1) is 14.7. The zero-order chi connectivity index (χ0) is 14.4. The maximum absolute atomic E-state index is 9.15. The molecule has 2 N–H and O–H groups in total. The van der Waals surface area contributed by atoms with Crippen molar-refractivity contribution in [1.29, 1.82) is 0 Å². The van der Waals surface area contributed by atoms with E-state index in [2.05, 4.69) is 41.5 Å². The van der Waals surface area contributed by atoms with Crippen LogP contribution in [0, 0.1) is 5.92 Å². The molecule has 0 spiro atoms. The highest BCUT2D eigenvalue weighted by Crippen LogP contribution is 2.19. The van der Waals surface area contributed by atoms with E-state index in [9.17, 15) is 0 Å². The highest BCUT2D eigenvalue weighted by molar-refractivity contribution is 5.63. The molecule has 2 unspecified atom stereocenters. The van der Waals surface area contributed by atoms with Crippen molar-refractivity contribution in [3.8, 4) is 11.1 Å². The summed E-state index contributed by atoms with van der Waals surface area (Å²) in [5.41, 5.74) is 3.63. The van der Waals surface area contributed by atoms with Crippen molar-refractivity contribution in [3.05, 3.63) is 54.4 Å². The second-order valence-corrected chi connectivity index (χ2v) is 5.27. The van der Waals surface area contributed by atoms with Gasteiger partial charge in [0.2, 0.25) is 0 Å². The molecule has 2 aromatic rings. The van der Waals surface area contributed by atoms with Crippen LogP contribution in [-0.4, -0.2) is 22.7 Å². The molecule has 0 aliphatic rings. The van der Waals surface area contributed by atoms with Crippen molar-refractivity contribution in [3.63, 3.8) is 0 Å². The van der Waals surface area contributed by atoms with Crippen molar-refractivity contribution in [2.24, 2.45) is 5.92 Å². The first-order valence-corrected chi connectivity index (χ1v) is 7.04. The molecule has 0 saturated heterocycles. The smallest absolute Gasteiger partial charge is 0.0471 e. The molecule has 3 nitrogen and oxygen atoms in total. The summed E-state index contributed by atoms with van der Waals surface area (Å²) in [5.74, 6) is 0.262. The second-order valence-electron chi connectivity index (χ2n) is 5.27. The summed E-state index contributed by atoms with van der Waals surface area (Å²) in [6, 6.07) is 12.8. The number of aromatic nitrogens is 1. The van der Waals surface area contributed by atoms with Gasteiger partial charge in [-0.1, -0.05) is 25.1 Å². The van der Waals surface area contributed by atoms with E-state index in [-0.39, 0.29) is 12.5 Å². The van der Waals surface area contributed by atoms with Crippen molar-refractivity contribution in [2.45, 2.75) is 26.4 Å². The van der Waals surface area contributed by atoms with Crippen LogP contribution in [0.25, 0.3) is 11.1 Å². The minimum Gasteiger partial charge on any atom is -0.396 e. The van der Waals surface area contributed by atoms with E-state index < -0.39 is 0 Å². The Hall–Kier alpha value is -1.71. The highest BCUT2D eigenvalue weighted by Gasteiger charge is 2.10. The summed E-state index contributed by atoms with van der Waals surface area (Å²) < 4.78 is 0. The summed E-state index contributed by atoms with van der Waals surface area (Å²) in [5, 5.41) is 12.6. The van der Waals surface area contributed by atoms with Crippen LogP contribution < -0.4 is 5.32 Å². The van der Waals surface area contributed by atoms with Gasteiger partial charge in [0.25, 0.3) is 0 Å². The number of benzene rings is 1. The lowest BCUT2D eigenvalue weighted by atomic mass is 10.0. The zero-order valence-electron chi connectivity index (χ0n) is 12.1. The molecule has 0 saturated carbocycles. The maximum Gasteiger partial charge on any atom is 0.0471 e. The van der Waals surface area contributed by atoms with Gasteiger partial charge < -0.3 is 10.4 Å². The fraction of sp³-hybridized carbons (Fsp3) is 0.353. The monoisotopic (exact) mass is 270 g/mol. The molecule has 2 rings (SSSR count). The van der Waals surface area contributed by atoms with Gasteiger partial charge in [0.1, 0.15) is 0 Å². The fourth-order valence-corrected chi connectivity index (χ4v) is 2.04. The van der Waals surface area contributed by atoms with Crippen LogP contribution in [0.4, 0.5) is 0 Å². The van der Waals surface area contributed by atoms with Crippen molar-refractivity contribution >= 4 is 0 Å². The topological polar surface area (TPSA) is 45.1 Å². The summed E-state index contributed by atoms with van der Waals surface area (Å²) in [7, 11) is 0. The van der Waals surface area contributed by atoms with Crippen LogP contribution in [0.2, 0.25) is 0 Å². The number of pyridine rings is 1. The van der Waals surface area contributed by atoms with Crippen LogP contribution in [0.1, 0.15) is 19.4 Å². The molecule has 0 amide bonds. The van der Waals surface area contributed by atoms with Gasteiger partial charge in [-0.05, 0) is 47.7 Å². The normalized spacial score (nSPS) is 13.9. The van der Waals surface area contributed by atoms with Gasteiger partial charge in [-0.15, -0.1) is 0 Å². The molecule has 3 heteroatoms. The third-order valence-corrected chi connectivity index (χ3v) is 3.71. The van der Waals surface area contributed by atoms with E-state index in [1.807, 2.05) is 31.5 Å². The Bertz CT molecular complexity index is 528. The van der Waals surface area contributed by atoms with E-state index in [1.54, 1.807) is 0 Å². The average molecular weight is 270 g/mol. The van der Waals surface area contributed by atoms with Gasteiger partial charge in [0.15, 0.2) is 0 Å². The van der Waals surface area contributed by atoms with E-state index in [0.29, 0.717) is 6.04 Å². The SMILES string of the molecule is CC(CO)C(C)NCc1cccc(-c2ccncc2)c1. The summed E-state index contributed by atoms with van der Waals surface area (Å²) >= 11 is 0. The standard InChI is InChI=1S/C17H22N2O/c1-13(12-20)14(2)19-11-15-4-3-5-17(10-15)16-6-8-18-9-7-16/h3-10,13-14,19-20H,11-12H2,1-2H3. The average Bonchev–Trinajstić information content (AvgIpc) is 2.53. The summed E-state index contributed by atoms with van der Waals surface area (Å²) in [4.78, 5) is 4.05. The maximum atomic E-state index is 9.15. The van der Waals surface area contributed by atoms with Crippen LogP contribution in [0.5, 0.6) is 0 Å². The third-order valence-electron chi connectivity index (χ3n) is 3.71. The molecule has 1 heterocycles. The van der Waals surface area contributed by atoms with Crippen LogP contribution >= 0.6 is 0 Å². The number of nitrogens with zero attached hydrogens (tertiary/aromatic N) is 1. The molecule has 0 fully saturated rings. The largest absolute Gasteiger partial charge is 0.396 e. The number of hydrogen-bond donors (Lipinski definition) is 2. The van der Waals surface area contributed by atoms with Gasteiger partial charge >= 0.3 is 0 Å². The van der Waals surface area contributed by atoms with Crippen molar-refractivity contribution < 1.29 is 5.11 Å². The van der Waals surface area contributed by atoms with Crippen molar-refractivity contribution in [1.82, 2.24) is 10.3 Å². The molecule has 0 aliphatic carbocycles. The molecule has 0 bridgehead atoms. The number of hydrogen-bond acceptors (Lipinski definition) is 3.